The van der Waals surface area contributed by atoms with Gasteiger partial charge in [-0.2, -0.15) is 0 Å². The maximum absolute atomic E-state index is 12.5. The molecule has 2 aromatic heterocycles. The van der Waals surface area contributed by atoms with Crippen LogP contribution in [0.3, 0.4) is 0 Å². The smallest absolute Gasteiger partial charge is 0.225 e. The first kappa shape index (κ1) is 15.0. The number of nitrogens with one attached hydrogen (secondary N) is 1. The zero-order chi connectivity index (χ0) is 16.4. The third-order valence-electron chi connectivity index (χ3n) is 4.73. The van der Waals surface area contributed by atoms with E-state index in [1.165, 1.54) is 0 Å². The van der Waals surface area contributed by atoms with Gasteiger partial charge in [-0.1, -0.05) is 0 Å². The van der Waals surface area contributed by atoms with Gasteiger partial charge in [0.1, 0.15) is 5.82 Å². The van der Waals surface area contributed by atoms with Crippen molar-refractivity contribution < 1.29 is 4.79 Å². The zero-order valence-corrected chi connectivity index (χ0v) is 13.6. The summed E-state index contributed by atoms with van der Waals surface area (Å²) in [6, 6.07) is 1.80. The Bertz CT molecular complexity index is 714. The highest BCUT2D eigenvalue weighted by Gasteiger charge is 2.27. The predicted molar refractivity (Wildman–Crippen MR) is 87.2 cm³/mol. The predicted octanol–water partition coefficient (Wildman–Crippen LogP) is 0.547. The van der Waals surface area contributed by atoms with Crippen LogP contribution >= 0.6 is 0 Å². The van der Waals surface area contributed by atoms with E-state index in [1.807, 2.05) is 0 Å². The molecule has 0 aliphatic carbocycles. The van der Waals surface area contributed by atoms with E-state index in [1.54, 1.807) is 18.5 Å². The summed E-state index contributed by atoms with van der Waals surface area (Å²) in [6.45, 7) is 2.96. The molecule has 0 radical (unpaired) electrons. The molecule has 1 N–H and O–H groups in total. The van der Waals surface area contributed by atoms with Gasteiger partial charge in [-0.05, 0) is 25.3 Å². The molecule has 2 aromatic rings. The fourth-order valence-electron chi connectivity index (χ4n) is 3.48. The summed E-state index contributed by atoms with van der Waals surface area (Å²) < 4.78 is 2.12. The molecular weight excluding hydrogens is 306 g/mol. The monoisotopic (exact) mass is 327 g/mol. The SMILES string of the molecule is O=C(NCc1nnc2n1CCC2)[C@@H]1CCCN(c2ncccn2)C1. The molecule has 1 fully saturated rings. The number of nitrogens with zero attached hydrogens (tertiary/aromatic N) is 6. The molecule has 1 amide bonds. The number of carbonyl (C=O) groups is 1. The van der Waals surface area contributed by atoms with E-state index in [2.05, 4.69) is 34.9 Å². The number of hydrogen-bond donors (Lipinski definition) is 1. The molecule has 126 valence electrons. The molecule has 8 heteroatoms. The van der Waals surface area contributed by atoms with Gasteiger partial charge in [0.25, 0.3) is 0 Å². The van der Waals surface area contributed by atoms with E-state index in [0.717, 1.165) is 50.4 Å². The molecule has 0 unspecified atom stereocenters. The number of fused-ring (bicyclic) bond motifs is 1. The van der Waals surface area contributed by atoms with Gasteiger partial charge in [-0.15, -0.1) is 10.2 Å². The van der Waals surface area contributed by atoms with Gasteiger partial charge < -0.3 is 14.8 Å². The highest BCUT2D eigenvalue weighted by Crippen LogP contribution is 2.20. The van der Waals surface area contributed by atoms with E-state index in [4.69, 9.17) is 0 Å². The number of hydrogen-bond acceptors (Lipinski definition) is 6. The van der Waals surface area contributed by atoms with E-state index in [-0.39, 0.29) is 11.8 Å². The van der Waals surface area contributed by atoms with Crippen LogP contribution in [-0.4, -0.2) is 43.7 Å². The lowest BCUT2D eigenvalue weighted by Gasteiger charge is -2.31. The summed E-state index contributed by atoms with van der Waals surface area (Å²) in [7, 11) is 0. The average molecular weight is 327 g/mol. The lowest BCUT2D eigenvalue weighted by atomic mass is 9.97. The molecule has 8 nitrogen and oxygen atoms in total. The quantitative estimate of drug-likeness (QED) is 0.882. The van der Waals surface area contributed by atoms with Crippen LogP contribution in [-0.2, 0) is 24.3 Å². The maximum Gasteiger partial charge on any atom is 0.225 e. The molecule has 0 spiro atoms. The van der Waals surface area contributed by atoms with Crippen LogP contribution in [0.5, 0.6) is 0 Å². The average Bonchev–Trinajstić information content (AvgIpc) is 3.25. The molecule has 0 saturated carbocycles. The lowest BCUT2D eigenvalue weighted by molar-refractivity contribution is -0.125. The number of aryl methyl sites for hydroxylation is 1. The van der Waals surface area contributed by atoms with Crippen molar-refractivity contribution in [2.45, 2.75) is 38.8 Å². The topological polar surface area (TPSA) is 88.8 Å². The minimum atomic E-state index is -0.0384. The highest BCUT2D eigenvalue weighted by molar-refractivity contribution is 5.79. The first-order valence-electron chi connectivity index (χ1n) is 8.52. The van der Waals surface area contributed by atoms with Crippen molar-refractivity contribution in [2.24, 2.45) is 5.92 Å². The van der Waals surface area contributed by atoms with Crippen LogP contribution in [0.15, 0.2) is 18.5 Å². The second-order valence-corrected chi connectivity index (χ2v) is 6.34. The molecule has 4 heterocycles. The number of amides is 1. The normalized spacial score (nSPS) is 20.0. The maximum atomic E-state index is 12.5. The van der Waals surface area contributed by atoms with E-state index < -0.39 is 0 Å². The molecular formula is C16H21N7O. The van der Waals surface area contributed by atoms with Crippen LogP contribution < -0.4 is 10.2 Å². The van der Waals surface area contributed by atoms with E-state index in [0.29, 0.717) is 19.0 Å². The van der Waals surface area contributed by atoms with E-state index in [9.17, 15) is 4.79 Å². The van der Waals surface area contributed by atoms with Crippen LogP contribution in [0.25, 0.3) is 0 Å². The van der Waals surface area contributed by atoms with Crippen LogP contribution in [0.2, 0.25) is 0 Å². The summed E-state index contributed by atoms with van der Waals surface area (Å²) in [5, 5.41) is 11.4. The Morgan fingerprint density at radius 2 is 2.08 bits per heavy atom. The first-order chi connectivity index (χ1) is 11.8. The third-order valence-corrected chi connectivity index (χ3v) is 4.73. The molecule has 0 aromatic carbocycles. The highest BCUT2D eigenvalue weighted by atomic mass is 16.1. The Kier molecular flexibility index (Phi) is 4.10. The summed E-state index contributed by atoms with van der Waals surface area (Å²) in [4.78, 5) is 23.2. The standard InChI is InChI=1S/C16H21N7O/c24-15(19-10-14-21-20-13-5-2-9-23(13)14)12-4-1-8-22(11-12)16-17-6-3-7-18-16/h3,6-7,12H,1-2,4-5,8-11H2,(H,19,24)/t12-/m1/s1. The molecule has 2 aliphatic rings. The van der Waals surface area contributed by atoms with Crippen molar-refractivity contribution >= 4 is 11.9 Å². The van der Waals surface area contributed by atoms with E-state index >= 15 is 0 Å². The minimum absolute atomic E-state index is 0.0384. The summed E-state index contributed by atoms with van der Waals surface area (Å²) in [5.74, 6) is 2.62. The number of piperidine rings is 1. The van der Waals surface area contributed by atoms with Crippen molar-refractivity contribution in [2.75, 3.05) is 18.0 Å². The van der Waals surface area contributed by atoms with Crippen molar-refractivity contribution in [1.29, 1.82) is 0 Å². The number of rotatable bonds is 4. The van der Waals surface area contributed by atoms with Gasteiger partial charge in [0.05, 0.1) is 12.5 Å². The van der Waals surface area contributed by atoms with Crippen molar-refractivity contribution in [3.8, 4) is 0 Å². The zero-order valence-electron chi connectivity index (χ0n) is 13.6. The van der Waals surface area contributed by atoms with Crippen molar-refractivity contribution in [3.05, 3.63) is 30.1 Å². The summed E-state index contributed by atoms with van der Waals surface area (Å²) >= 11 is 0. The first-order valence-corrected chi connectivity index (χ1v) is 8.52. The largest absolute Gasteiger partial charge is 0.348 e. The number of aromatic nitrogens is 5. The van der Waals surface area contributed by atoms with Gasteiger partial charge in [0.2, 0.25) is 11.9 Å². The van der Waals surface area contributed by atoms with Gasteiger partial charge in [0, 0.05) is 38.4 Å². The molecule has 2 aliphatic heterocycles. The Hall–Kier alpha value is -2.51. The summed E-state index contributed by atoms with van der Waals surface area (Å²) in [6.07, 6.45) is 7.43. The van der Waals surface area contributed by atoms with Gasteiger partial charge in [0.15, 0.2) is 5.82 Å². The van der Waals surface area contributed by atoms with Gasteiger partial charge in [-0.25, -0.2) is 9.97 Å². The molecule has 24 heavy (non-hydrogen) atoms. The van der Waals surface area contributed by atoms with Crippen molar-refractivity contribution in [3.63, 3.8) is 0 Å². The number of carbonyl (C=O) groups excluding carboxylic acids is 1. The molecule has 1 saturated heterocycles. The Morgan fingerprint density at radius 3 is 2.96 bits per heavy atom. The second kappa shape index (κ2) is 6.54. The Labute approximate surface area is 140 Å². The van der Waals surface area contributed by atoms with Crippen LogP contribution in [0, 0.1) is 5.92 Å². The third kappa shape index (κ3) is 2.95. The molecule has 4 rings (SSSR count). The minimum Gasteiger partial charge on any atom is -0.348 e. The summed E-state index contributed by atoms with van der Waals surface area (Å²) in [5.41, 5.74) is 0. The number of anilines is 1. The van der Waals surface area contributed by atoms with Crippen LogP contribution in [0.1, 0.15) is 30.9 Å². The fourth-order valence-corrected chi connectivity index (χ4v) is 3.48. The Balaban J connectivity index is 1.35. The second-order valence-electron chi connectivity index (χ2n) is 6.34. The van der Waals surface area contributed by atoms with Gasteiger partial charge >= 0.3 is 0 Å². The fraction of sp³-hybridized carbons (Fsp3) is 0.562. The molecule has 0 bridgehead atoms. The molecule has 1 atom stereocenters. The Morgan fingerprint density at radius 1 is 1.21 bits per heavy atom. The van der Waals surface area contributed by atoms with Gasteiger partial charge in [-0.3, -0.25) is 4.79 Å². The van der Waals surface area contributed by atoms with Crippen LogP contribution in [0.4, 0.5) is 5.95 Å². The van der Waals surface area contributed by atoms with Crippen molar-refractivity contribution in [1.82, 2.24) is 30.0 Å². The lowest BCUT2D eigenvalue weighted by Crippen LogP contribution is -2.43.